The predicted octanol–water partition coefficient (Wildman–Crippen LogP) is 5.28. The summed E-state index contributed by atoms with van der Waals surface area (Å²) in [5.74, 6) is 0.174. The Morgan fingerprint density at radius 1 is 1.38 bits per heavy atom. The summed E-state index contributed by atoms with van der Waals surface area (Å²) in [5, 5.41) is -0.0994. The largest absolute Gasteiger partial charge is 0.277 e. The molecular weight excluding hydrogens is 380 g/mol. The molecule has 108 valence electrons. The first kappa shape index (κ1) is 14.8. The minimum Gasteiger partial charge on any atom is -0.277 e. The van der Waals surface area contributed by atoms with Crippen molar-refractivity contribution in [2.75, 3.05) is 0 Å². The number of hydrogen-bond acceptors (Lipinski definition) is 2. The molecule has 0 aliphatic rings. The van der Waals surface area contributed by atoms with Crippen molar-refractivity contribution >= 4 is 50.3 Å². The molecule has 2 aromatic heterocycles. The van der Waals surface area contributed by atoms with Crippen LogP contribution in [0.3, 0.4) is 0 Å². The summed E-state index contributed by atoms with van der Waals surface area (Å²) in [5.41, 5.74) is 1.89. The lowest BCUT2D eigenvalue weighted by atomic mass is 10.3. The number of alkyl halides is 1. The molecule has 3 rings (SSSR count). The summed E-state index contributed by atoms with van der Waals surface area (Å²) in [4.78, 5) is 8.82. The molecular formula is C14H9BrCl2FN3. The molecule has 0 bridgehead atoms. The van der Waals surface area contributed by atoms with Crippen LogP contribution in [0, 0.1) is 5.82 Å². The Hall–Kier alpha value is -1.17. The van der Waals surface area contributed by atoms with Crippen LogP contribution in [0.2, 0.25) is 5.02 Å². The lowest BCUT2D eigenvalue weighted by Crippen LogP contribution is -2.04. The average Bonchev–Trinajstić information content (AvgIpc) is 2.77. The molecule has 0 radical (unpaired) electrons. The Morgan fingerprint density at radius 2 is 2.14 bits per heavy atom. The third kappa shape index (κ3) is 2.54. The van der Waals surface area contributed by atoms with Crippen molar-refractivity contribution in [2.45, 2.75) is 12.3 Å². The minimum atomic E-state index is -0.423. The van der Waals surface area contributed by atoms with Crippen LogP contribution < -0.4 is 0 Å². The van der Waals surface area contributed by atoms with Gasteiger partial charge in [-0.3, -0.25) is 4.57 Å². The number of imidazole rings is 1. The van der Waals surface area contributed by atoms with Crippen LogP contribution in [0.25, 0.3) is 16.9 Å². The normalized spacial score (nSPS) is 12.8. The molecule has 3 aromatic rings. The second-order valence-corrected chi connectivity index (χ2v) is 6.40. The van der Waals surface area contributed by atoms with Crippen LogP contribution in [0.5, 0.6) is 0 Å². The summed E-state index contributed by atoms with van der Waals surface area (Å²) in [6, 6.07) is 6.23. The number of halogens is 4. The zero-order valence-corrected chi connectivity index (χ0v) is 13.9. The highest BCUT2D eigenvalue weighted by Gasteiger charge is 2.21. The summed E-state index contributed by atoms with van der Waals surface area (Å²) in [6.45, 7) is 1.81. The molecule has 3 nitrogen and oxygen atoms in total. The van der Waals surface area contributed by atoms with Gasteiger partial charge in [0.2, 0.25) is 0 Å². The maximum Gasteiger partial charge on any atom is 0.164 e. The quantitative estimate of drug-likeness (QED) is 0.559. The Kier molecular flexibility index (Phi) is 3.90. The maximum absolute atomic E-state index is 13.4. The van der Waals surface area contributed by atoms with Gasteiger partial charge in [-0.1, -0.05) is 11.6 Å². The van der Waals surface area contributed by atoms with Crippen LogP contribution in [0.4, 0.5) is 4.39 Å². The molecule has 21 heavy (non-hydrogen) atoms. The van der Waals surface area contributed by atoms with Gasteiger partial charge in [0, 0.05) is 10.7 Å². The zero-order chi connectivity index (χ0) is 15.1. The first-order valence-corrected chi connectivity index (χ1v) is 7.72. The lowest BCUT2D eigenvalue weighted by molar-refractivity contribution is 0.626. The maximum atomic E-state index is 13.4. The fourth-order valence-electron chi connectivity index (χ4n) is 2.17. The van der Waals surface area contributed by atoms with Crippen molar-refractivity contribution in [3.8, 4) is 5.69 Å². The van der Waals surface area contributed by atoms with Crippen LogP contribution in [-0.2, 0) is 0 Å². The first-order chi connectivity index (χ1) is 9.99. The van der Waals surface area contributed by atoms with Crippen LogP contribution in [-0.4, -0.2) is 14.5 Å². The van der Waals surface area contributed by atoms with Gasteiger partial charge >= 0.3 is 0 Å². The second kappa shape index (κ2) is 5.55. The van der Waals surface area contributed by atoms with E-state index in [0.717, 1.165) is 0 Å². The molecule has 0 aliphatic heterocycles. The summed E-state index contributed by atoms with van der Waals surface area (Å²) in [6.07, 6.45) is 1.66. The van der Waals surface area contributed by atoms with E-state index in [9.17, 15) is 4.39 Å². The van der Waals surface area contributed by atoms with Crippen molar-refractivity contribution in [1.29, 1.82) is 0 Å². The summed E-state index contributed by atoms with van der Waals surface area (Å²) in [7, 11) is 0. The van der Waals surface area contributed by atoms with Gasteiger partial charge in [0.05, 0.1) is 16.1 Å². The van der Waals surface area contributed by atoms with Crippen molar-refractivity contribution in [3.05, 3.63) is 51.6 Å². The van der Waals surface area contributed by atoms with E-state index in [-0.39, 0.29) is 10.4 Å². The van der Waals surface area contributed by atoms with Crippen molar-refractivity contribution < 1.29 is 4.39 Å². The minimum absolute atomic E-state index is 0.255. The van der Waals surface area contributed by atoms with Gasteiger partial charge in [-0.2, -0.15) is 0 Å². The predicted molar refractivity (Wildman–Crippen MR) is 85.8 cm³/mol. The average molecular weight is 389 g/mol. The van der Waals surface area contributed by atoms with Gasteiger partial charge in [-0.15, -0.1) is 11.6 Å². The van der Waals surface area contributed by atoms with E-state index in [0.29, 0.717) is 27.1 Å². The number of pyridine rings is 1. The van der Waals surface area contributed by atoms with Gasteiger partial charge in [-0.25, -0.2) is 14.4 Å². The Bertz CT molecular complexity index is 809. The number of benzene rings is 1. The van der Waals surface area contributed by atoms with E-state index < -0.39 is 5.82 Å². The zero-order valence-electron chi connectivity index (χ0n) is 10.8. The molecule has 1 unspecified atom stereocenters. The molecule has 0 N–H and O–H groups in total. The highest BCUT2D eigenvalue weighted by molar-refractivity contribution is 9.10. The molecule has 0 aliphatic carbocycles. The van der Waals surface area contributed by atoms with E-state index in [1.807, 2.05) is 13.0 Å². The Morgan fingerprint density at radius 3 is 2.81 bits per heavy atom. The van der Waals surface area contributed by atoms with E-state index >= 15 is 0 Å². The number of fused-ring (bicyclic) bond motifs is 1. The third-order valence-electron chi connectivity index (χ3n) is 3.00. The fourth-order valence-corrected chi connectivity index (χ4v) is 3.33. The number of aromatic nitrogens is 3. The monoisotopic (exact) mass is 387 g/mol. The number of nitrogens with zero attached hydrogens (tertiary/aromatic N) is 3. The van der Waals surface area contributed by atoms with Gasteiger partial charge in [0.15, 0.2) is 5.65 Å². The topological polar surface area (TPSA) is 30.7 Å². The molecule has 0 amide bonds. The molecule has 0 saturated carbocycles. The smallest absolute Gasteiger partial charge is 0.164 e. The molecule has 0 saturated heterocycles. The lowest BCUT2D eigenvalue weighted by Gasteiger charge is -2.13. The van der Waals surface area contributed by atoms with Gasteiger partial charge in [-0.05, 0) is 47.1 Å². The van der Waals surface area contributed by atoms with Crippen LogP contribution in [0.15, 0.2) is 34.9 Å². The van der Waals surface area contributed by atoms with Crippen molar-refractivity contribution in [3.63, 3.8) is 0 Å². The van der Waals surface area contributed by atoms with Crippen LogP contribution in [0.1, 0.15) is 18.1 Å². The van der Waals surface area contributed by atoms with E-state index in [4.69, 9.17) is 23.2 Å². The SMILES string of the molecule is CC(Cl)c1nc2cccnc2n1-c1c(Cl)cc(F)cc1Br. The summed E-state index contributed by atoms with van der Waals surface area (Å²) >= 11 is 15.8. The van der Waals surface area contributed by atoms with Gasteiger partial charge in [0.25, 0.3) is 0 Å². The fraction of sp³-hybridized carbons (Fsp3) is 0.143. The second-order valence-electron chi connectivity index (χ2n) is 4.49. The van der Waals surface area contributed by atoms with Gasteiger partial charge in [0.1, 0.15) is 17.2 Å². The Balaban J connectivity index is 2.42. The van der Waals surface area contributed by atoms with E-state index in [1.54, 1.807) is 16.8 Å². The molecule has 1 atom stereocenters. The number of rotatable bonds is 2. The molecule has 0 fully saturated rings. The number of hydrogen-bond donors (Lipinski definition) is 0. The summed E-state index contributed by atoms with van der Waals surface area (Å²) < 4.78 is 15.7. The first-order valence-electron chi connectivity index (χ1n) is 6.11. The molecule has 2 heterocycles. The molecule has 1 aromatic carbocycles. The molecule has 0 spiro atoms. The van der Waals surface area contributed by atoms with Crippen LogP contribution >= 0.6 is 39.1 Å². The van der Waals surface area contributed by atoms with Crippen molar-refractivity contribution in [1.82, 2.24) is 14.5 Å². The van der Waals surface area contributed by atoms with E-state index in [2.05, 4.69) is 25.9 Å². The highest BCUT2D eigenvalue weighted by Crippen LogP contribution is 2.35. The Labute approximate surface area is 138 Å². The third-order valence-corrected chi connectivity index (χ3v) is 4.09. The van der Waals surface area contributed by atoms with Crippen molar-refractivity contribution in [2.24, 2.45) is 0 Å². The highest BCUT2D eigenvalue weighted by atomic mass is 79.9. The molecule has 7 heteroatoms. The standard InChI is InChI=1S/C14H9BrCl2FN3/c1-7(16)13-20-11-3-2-4-19-14(11)21(13)12-9(15)5-8(18)6-10(12)17/h2-7H,1H3. The van der Waals surface area contributed by atoms with Gasteiger partial charge < -0.3 is 0 Å². The van der Waals surface area contributed by atoms with E-state index in [1.165, 1.54) is 12.1 Å².